The fourth-order valence-electron chi connectivity index (χ4n) is 6.05. The summed E-state index contributed by atoms with van der Waals surface area (Å²) in [5, 5.41) is 11.2. The minimum Gasteiger partial charge on any atom is -0.488 e. The van der Waals surface area contributed by atoms with Crippen molar-refractivity contribution in [1.82, 2.24) is 21.3 Å². The van der Waals surface area contributed by atoms with E-state index in [1.165, 1.54) is 7.11 Å². The molecule has 4 rings (SSSR count). The lowest BCUT2D eigenvalue weighted by atomic mass is 9.84. The van der Waals surface area contributed by atoms with Gasteiger partial charge in [0.15, 0.2) is 0 Å². The third-order valence-corrected chi connectivity index (χ3v) is 8.57. The molecule has 4 N–H and O–H groups in total. The average Bonchev–Trinajstić information content (AvgIpc) is 3.42. The summed E-state index contributed by atoms with van der Waals surface area (Å²) in [6.45, 7) is 4.24. The Balaban J connectivity index is 1.47. The summed E-state index contributed by atoms with van der Waals surface area (Å²) < 4.78 is 10.6. The third-order valence-electron chi connectivity index (χ3n) is 8.57. The second kappa shape index (κ2) is 15.0. The standard InChI is InChI=1S/C32H44N4O7/c1-19(2)27(36-29(38)23-16-21-11-7-8-12-26(21)43-18-23)31(40)34-24(15-20-9-5-4-6-10-20)30(39)35-25(32(41)42-3)17-22-13-14-33-28(22)37/h7-8,11-12,16,19-20,22,24-25,27H,4-6,9-10,13-15,17-18H2,1-3H3,(H,33,37)(H,34,40)(H,35,39)(H,36,38)/t22-,24-,25-,27-/m0/s1. The second-order valence-electron chi connectivity index (χ2n) is 12.1. The number of amides is 4. The highest BCUT2D eigenvalue weighted by Crippen LogP contribution is 2.28. The number of benzene rings is 1. The molecule has 1 aromatic carbocycles. The fourth-order valence-corrected chi connectivity index (χ4v) is 6.05. The molecule has 11 heteroatoms. The van der Waals surface area contributed by atoms with Crippen LogP contribution in [-0.4, -0.2) is 68.0 Å². The Bertz CT molecular complexity index is 1220. The predicted molar refractivity (Wildman–Crippen MR) is 159 cm³/mol. The number of carbonyl (C=O) groups excluding carboxylic acids is 5. The lowest BCUT2D eigenvalue weighted by Gasteiger charge is -2.30. The van der Waals surface area contributed by atoms with Gasteiger partial charge in [-0.25, -0.2) is 4.79 Å². The van der Waals surface area contributed by atoms with E-state index in [1.807, 2.05) is 38.1 Å². The molecular formula is C32H44N4O7. The molecule has 0 bridgehead atoms. The zero-order valence-corrected chi connectivity index (χ0v) is 25.3. The monoisotopic (exact) mass is 596 g/mol. The molecule has 43 heavy (non-hydrogen) atoms. The molecule has 0 radical (unpaired) electrons. The molecule has 11 nitrogen and oxygen atoms in total. The highest BCUT2D eigenvalue weighted by atomic mass is 16.5. The van der Waals surface area contributed by atoms with E-state index in [4.69, 9.17) is 9.47 Å². The molecule has 1 saturated carbocycles. The molecule has 2 heterocycles. The quantitative estimate of drug-likeness (QED) is 0.270. The Kier molecular flexibility index (Phi) is 11.2. The van der Waals surface area contributed by atoms with Gasteiger partial charge in [-0.2, -0.15) is 0 Å². The molecule has 3 aliphatic rings. The summed E-state index contributed by atoms with van der Waals surface area (Å²) in [6.07, 6.45) is 7.97. The Labute approximate surface area is 252 Å². The summed E-state index contributed by atoms with van der Waals surface area (Å²) in [7, 11) is 1.23. The van der Waals surface area contributed by atoms with E-state index >= 15 is 0 Å². The number of carbonyl (C=O) groups is 5. The normalized spacial score (nSPS) is 20.4. The summed E-state index contributed by atoms with van der Waals surface area (Å²) in [4.78, 5) is 65.3. The molecule has 4 amide bonds. The van der Waals surface area contributed by atoms with Crippen LogP contribution in [0.1, 0.15) is 70.8 Å². The number of rotatable bonds is 12. The largest absolute Gasteiger partial charge is 0.488 e. The van der Waals surface area contributed by atoms with Crippen LogP contribution in [0.4, 0.5) is 0 Å². The minimum atomic E-state index is -1.03. The fraction of sp³-hybridized carbons (Fsp3) is 0.594. The van der Waals surface area contributed by atoms with Crippen LogP contribution in [0.2, 0.25) is 0 Å². The van der Waals surface area contributed by atoms with Crippen LogP contribution in [0.15, 0.2) is 29.8 Å². The molecule has 1 saturated heterocycles. The van der Waals surface area contributed by atoms with E-state index in [0.29, 0.717) is 30.7 Å². The second-order valence-corrected chi connectivity index (χ2v) is 12.1. The van der Waals surface area contributed by atoms with Crippen LogP contribution in [0.3, 0.4) is 0 Å². The number of nitrogens with one attached hydrogen (secondary N) is 4. The van der Waals surface area contributed by atoms with Crippen LogP contribution in [-0.2, 0) is 28.7 Å². The summed E-state index contributed by atoms with van der Waals surface area (Å²) in [6, 6.07) is 4.52. The zero-order valence-electron chi connectivity index (χ0n) is 25.3. The molecule has 0 unspecified atom stereocenters. The molecule has 0 spiro atoms. The van der Waals surface area contributed by atoms with E-state index in [2.05, 4.69) is 21.3 Å². The van der Waals surface area contributed by atoms with Crippen molar-refractivity contribution in [2.75, 3.05) is 20.3 Å². The predicted octanol–water partition coefficient (Wildman–Crippen LogP) is 2.24. The Morgan fingerprint density at radius 1 is 0.953 bits per heavy atom. The molecular weight excluding hydrogens is 552 g/mol. The van der Waals surface area contributed by atoms with Gasteiger partial charge < -0.3 is 30.7 Å². The van der Waals surface area contributed by atoms with E-state index in [1.54, 1.807) is 6.08 Å². The van der Waals surface area contributed by atoms with Gasteiger partial charge in [-0.3, -0.25) is 19.2 Å². The van der Waals surface area contributed by atoms with Gasteiger partial charge in [0.25, 0.3) is 5.91 Å². The van der Waals surface area contributed by atoms with Crippen molar-refractivity contribution >= 4 is 35.7 Å². The van der Waals surface area contributed by atoms with Crippen LogP contribution < -0.4 is 26.0 Å². The molecule has 1 aromatic rings. The highest BCUT2D eigenvalue weighted by Gasteiger charge is 2.36. The van der Waals surface area contributed by atoms with Gasteiger partial charge in [-0.15, -0.1) is 0 Å². The lowest BCUT2D eigenvalue weighted by molar-refractivity contribution is -0.146. The Morgan fingerprint density at radius 2 is 1.67 bits per heavy atom. The van der Waals surface area contributed by atoms with Gasteiger partial charge in [0, 0.05) is 18.0 Å². The van der Waals surface area contributed by atoms with Crippen molar-refractivity contribution in [1.29, 1.82) is 0 Å². The first-order chi connectivity index (χ1) is 20.7. The number of para-hydroxylation sites is 1. The zero-order chi connectivity index (χ0) is 30.9. The topological polar surface area (TPSA) is 152 Å². The van der Waals surface area contributed by atoms with Crippen LogP contribution in [0.25, 0.3) is 6.08 Å². The highest BCUT2D eigenvalue weighted by molar-refractivity contribution is 6.02. The number of esters is 1. The van der Waals surface area contributed by atoms with Crippen molar-refractivity contribution in [2.45, 2.75) is 83.3 Å². The maximum Gasteiger partial charge on any atom is 0.328 e. The maximum atomic E-state index is 13.7. The first kappa shape index (κ1) is 32.0. The van der Waals surface area contributed by atoms with Gasteiger partial charge >= 0.3 is 5.97 Å². The molecule has 0 aromatic heterocycles. The molecule has 1 aliphatic carbocycles. The van der Waals surface area contributed by atoms with E-state index in [9.17, 15) is 24.0 Å². The van der Waals surface area contributed by atoms with E-state index in [-0.39, 0.29) is 30.8 Å². The number of fused-ring (bicyclic) bond motifs is 1. The SMILES string of the molecule is COC(=O)[C@H](C[C@@H]1CCNC1=O)NC(=O)[C@H](CC1CCCCC1)NC(=O)[C@@H](NC(=O)C1=Cc2ccccc2OC1)C(C)C. The molecule has 234 valence electrons. The van der Waals surface area contributed by atoms with Crippen molar-refractivity contribution in [3.8, 4) is 5.75 Å². The number of hydrogen-bond donors (Lipinski definition) is 4. The van der Waals surface area contributed by atoms with Crippen molar-refractivity contribution < 1.29 is 33.4 Å². The van der Waals surface area contributed by atoms with E-state index < -0.39 is 47.7 Å². The first-order valence-corrected chi connectivity index (χ1v) is 15.4. The number of methoxy groups -OCH3 is 1. The summed E-state index contributed by atoms with van der Waals surface area (Å²) in [5.41, 5.74) is 1.18. The summed E-state index contributed by atoms with van der Waals surface area (Å²) >= 11 is 0. The Morgan fingerprint density at radius 3 is 2.35 bits per heavy atom. The van der Waals surface area contributed by atoms with Crippen LogP contribution in [0.5, 0.6) is 5.75 Å². The average molecular weight is 597 g/mol. The van der Waals surface area contributed by atoms with Gasteiger partial charge in [0.2, 0.25) is 17.7 Å². The van der Waals surface area contributed by atoms with Gasteiger partial charge in [-0.05, 0) is 43.2 Å². The number of ether oxygens (including phenoxy) is 2. The van der Waals surface area contributed by atoms with Gasteiger partial charge in [-0.1, -0.05) is 64.2 Å². The minimum absolute atomic E-state index is 0.0793. The molecule has 2 aliphatic heterocycles. The maximum absolute atomic E-state index is 13.7. The summed E-state index contributed by atoms with van der Waals surface area (Å²) in [5.74, 6) is -1.99. The smallest absolute Gasteiger partial charge is 0.328 e. The van der Waals surface area contributed by atoms with Crippen LogP contribution in [0, 0.1) is 17.8 Å². The lowest BCUT2D eigenvalue weighted by Crippen LogP contribution is -2.57. The number of hydrogen-bond acceptors (Lipinski definition) is 7. The first-order valence-electron chi connectivity index (χ1n) is 15.4. The van der Waals surface area contributed by atoms with Crippen molar-refractivity contribution in [2.24, 2.45) is 17.8 Å². The molecule has 4 atom stereocenters. The van der Waals surface area contributed by atoms with Crippen LogP contribution >= 0.6 is 0 Å². The van der Waals surface area contributed by atoms with Crippen molar-refractivity contribution in [3.05, 3.63) is 35.4 Å². The van der Waals surface area contributed by atoms with E-state index in [0.717, 1.165) is 37.7 Å². The van der Waals surface area contributed by atoms with Crippen molar-refractivity contribution in [3.63, 3.8) is 0 Å². The Hall–Kier alpha value is -3.89. The third kappa shape index (κ3) is 8.58. The van der Waals surface area contributed by atoms with Gasteiger partial charge in [0.1, 0.15) is 30.5 Å². The molecule has 2 fully saturated rings. The van der Waals surface area contributed by atoms with Gasteiger partial charge in [0.05, 0.1) is 12.7 Å².